The molecule has 1 heterocycles. The lowest BCUT2D eigenvalue weighted by atomic mass is 9.97. The number of anilines is 1. The first-order valence-corrected chi connectivity index (χ1v) is 5.75. The van der Waals surface area contributed by atoms with Gasteiger partial charge in [0.05, 0.1) is 5.69 Å². The summed E-state index contributed by atoms with van der Waals surface area (Å²) in [6.07, 6.45) is 1.17. The molecule has 0 spiro atoms. The van der Waals surface area contributed by atoms with Crippen LogP contribution in [0.2, 0.25) is 0 Å². The van der Waals surface area contributed by atoms with Crippen molar-refractivity contribution in [1.82, 2.24) is 5.32 Å². The summed E-state index contributed by atoms with van der Waals surface area (Å²) < 4.78 is 2.03. The zero-order chi connectivity index (χ0) is 9.42. The second-order valence-corrected chi connectivity index (χ2v) is 4.96. The Hall–Kier alpha value is -0.0600. The van der Waals surface area contributed by atoms with Crippen LogP contribution in [0.25, 0.3) is 0 Å². The number of benzene rings is 1. The van der Waals surface area contributed by atoms with Crippen LogP contribution in [0.3, 0.4) is 0 Å². The number of nitrogen functional groups attached to an aromatic ring is 1. The fourth-order valence-electron chi connectivity index (χ4n) is 1.45. The van der Waals surface area contributed by atoms with Gasteiger partial charge in [-0.05, 0) is 46.6 Å². The molecule has 13 heavy (non-hydrogen) atoms. The summed E-state index contributed by atoms with van der Waals surface area (Å²) in [5, 5.41) is 3.34. The molecular weight excluding hydrogens is 296 g/mol. The molecule has 0 amide bonds. The average Bonchev–Trinajstić information content (AvgIpc) is 1.95. The molecule has 1 atom stereocenters. The second kappa shape index (κ2) is 3.59. The molecular formula is C9H10Br2N2. The molecule has 70 valence electrons. The predicted molar refractivity (Wildman–Crippen MR) is 61.6 cm³/mol. The van der Waals surface area contributed by atoms with Crippen molar-refractivity contribution >= 4 is 37.5 Å². The van der Waals surface area contributed by atoms with Crippen molar-refractivity contribution in [3.05, 3.63) is 26.6 Å². The Morgan fingerprint density at radius 2 is 2.08 bits per heavy atom. The van der Waals surface area contributed by atoms with E-state index in [1.54, 1.807) is 0 Å². The van der Waals surface area contributed by atoms with Crippen molar-refractivity contribution in [3.63, 3.8) is 0 Å². The van der Waals surface area contributed by atoms with Crippen molar-refractivity contribution in [1.29, 1.82) is 0 Å². The average molecular weight is 306 g/mol. The van der Waals surface area contributed by atoms with E-state index in [1.807, 2.05) is 6.07 Å². The molecule has 1 aromatic rings. The molecule has 1 aliphatic rings. The summed E-state index contributed by atoms with van der Waals surface area (Å²) in [5.74, 6) is 0. The molecule has 1 saturated heterocycles. The van der Waals surface area contributed by atoms with E-state index in [2.05, 4.69) is 43.2 Å². The van der Waals surface area contributed by atoms with Gasteiger partial charge in [-0.2, -0.15) is 0 Å². The third-order valence-electron chi connectivity index (χ3n) is 2.33. The van der Waals surface area contributed by atoms with Gasteiger partial charge in [0.2, 0.25) is 0 Å². The summed E-state index contributed by atoms with van der Waals surface area (Å²) in [4.78, 5) is 0. The number of hydrogen-bond donors (Lipinski definition) is 2. The maximum Gasteiger partial charge on any atom is 0.0507 e. The third-order valence-corrected chi connectivity index (χ3v) is 3.44. The largest absolute Gasteiger partial charge is 0.398 e. The number of halogens is 2. The lowest BCUT2D eigenvalue weighted by Crippen LogP contribution is -2.35. The van der Waals surface area contributed by atoms with Gasteiger partial charge in [0.1, 0.15) is 0 Å². The molecule has 0 bridgehead atoms. The Morgan fingerprint density at radius 1 is 1.38 bits per heavy atom. The SMILES string of the molecule is Nc1c(Br)cc(Br)cc1C1CCN1. The zero-order valence-electron chi connectivity index (χ0n) is 6.98. The van der Waals surface area contributed by atoms with E-state index in [9.17, 15) is 0 Å². The zero-order valence-corrected chi connectivity index (χ0v) is 10.2. The second-order valence-electron chi connectivity index (χ2n) is 3.19. The summed E-state index contributed by atoms with van der Waals surface area (Å²) in [6, 6.07) is 4.49. The molecule has 2 nitrogen and oxygen atoms in total. The lowest BCUT2D eigenvalue weighted by Gasteiger charge is -2.29. The highest BCUT2D eigenvalue weighted by atomic mass is 79.9. The van der Waals surface area contributed by atoms with Gasteiger partial charge in [0.25, 0.3) is 0 Å². The van der Waals surface area contributed by atoms with Crippen molar-refractivity contribution in [3.8, 4) is 0 Å². The monoisotopic (exact) mass is 304 g/mol. The van der Waals surface area contributed by atoms with Gasteiger partial charge >= 0.3 is 0 Å². The van der Waals surface area contributed by atoms with Crippen LogP contribution in [0.1, 0.15) is 18.0 Å². The van der Waals surface area contributed by atoms with E-state index in [0.29, 0.717) is 6.04 Å². The molecule has 0 radical (unpaired) electrons. The third kappa shape index (κ3) is 1.75. The maximum atomic E-state index is 5.95. The van der Waals surface area contributed by atoms with Gasteiger partial charge in [-0.25, -0.2) is 0 Å². The van der Waals surface area contributed by atoms with E-state index in [-0.39, 0.29) is 0 Å². The maximum absolute atomic E-state index is 5.95. The first-order chi connectivity index (χ1) is 6.18. The molecule has 4 heteroatoms. The number of nitrogens with two attached hydrogens (primary N) is 1. The minimum Gasteiger partial charge on any atom is -0.398 e. The molecule has 0 aromatic heterocycles. The van der Waals surface area contributed by atoms with Crippen LogP contribution in [-0.2, 0) is 0 Å². The minimum atomic E-state index is 0.439. The summed E-state index contributed by atoms with van der Waals surface area (Å²) >= 11 is 6.89. The van der Waals surface area contributed by atoms with Gasteiger partial charge in [0.15, 0.2) is 0 Å². The Kier molecular flexibility index (Phi) is 2.62. The number of nitrogens with one attached hydrogen (secondary N) is 1. The van der Waals surface area contributed by atoms with Gasteiger partial charge in [-0.15, -0.1) is 0 Å². The molecule has 0 saturated carbocycles. The van der Waals surface area contributed by atoms with E-state index in [4.69, 9.17) is 5.73 Å². The number of rotatable bonds is 1. The first-order valence-electron chi connectivity index (χ1n) is 4.16. The van der Waals surface area contributed by atoms with Crippen molar-refractivity contribution in [2.45, 2.75) is 12.5 Å². The Balaban J connectivity index is 2.42. The molecule has 3 N–H and O–H groups in total. The van der Waals surface area contributed by atoms with Crippen molar-refractivity contribution in [2.24, 2.45) is 0 Å². The van der Waals surface area contributed by atoms with Gasteiger partial charge < -0.3 is 11.1 Å². The van der Waals surface area contributed by atoms with E-state index < -0.39 is 0 Å². The quantitative estimate of drug-likeness (QED) is 0.783. The fraction of sp³-hybridized carbons (Fsp3) is 0.333. The van der Waals surface area contributed by atoms with Crippen LogP contribution in [0.4, 0.5) is 5.69 Å². The normalized spacial score (nSPS) is 21.2. The van der Waals surface area contributed by atoms with E-state index in [0.717, 1.165) is 21.2 Å². The standard InChI is InChI=1S/C9H10Br2N2/c10-5-3-6(8-1-2-13-8)9(12)7(11)4-5/h3-4,8,13H,1-2,12H2. The molecule has 1 fully saturated rings. The highest BCUT2D eigenvalue weighted by molar-refractivity contribution is 9.11. The van der Waals surface area contributed by atoms with Crippen LogP contribution in [0.15, 0.2) is 21.1 Å². The Morgan fingerprint density at radius 3 is 2.62 bits per heavy atom. The molecule has 1 aromatic carbocycles. The van der Waals surface area contributed by atoms with Crippen LogP contribution >= 0.6 is 31.9 Å². The van der Waals surface area contributed by atoms with E-state index in [1.165, 1.54) is 12.0 Å². The van der Waals surface area contributed by atoms with Crippen LogP contribution in [0.5, 0.6) is 0 Å². The van der Waals surface area contributed by atoms with Crippen LogP contribution < -0.4 is 11.1 Å². The fourth-order valence-corrected chi connectivity index (χ4v) is 2.71. The molecule has 1 unspecified atom stereocenters. The predicted octanol–water partition coefficient (Wildman–Crippen LogP) is 2.83. The summed E-state index contributed by atoms with van der Waals surface area (Å²) in [7, 11) is 0. The van der Waals surface area contributed by atoms with Crippen molar-refractivity contribution < 1.29 is 0 Å². The molecule has 2 rings (SSSR count). The summed E-state index contributed by atoms with van der Waals surface area (Å²) in [6.45, 7) is 1.09. The Bertz CT molecular complexity index is 335. The molecule has 0 aliphatic carbocycles. The minimum absolute atomic E-state index is 0.439. The smallest absolute Gasteiger partial charge is 0.0507 e. The highest BCUT2D eigenvalue weighted by Crippen LogP contribution is 2.35. The lowest BCUT2D eigenvalue weighted by molar-refractivity contribution is 0.384. The summed E-state index contributed by atoms with van der Waals surface area (Å²) in [5.41, 5.74) is 7.99. The number of hydrogen-bond acceptors (Lipinski definition) is 2. The first kappa shape index (κ1) is 9.49. The van der Waals surface area contributed by atoms with Gasteiger partial charge in [-0.3, -0.25) is 0 Å². The van der Waals surface area contributed by atoms with Crippen LogP contribution in [-0.4, -0.2) is 6.54 Å². The van der Waals surface area contributed by atoms with Crippen molar-refractivity contribution in [2.75, 3.05) is 12.3 Å². The van der Waals surface area contributed by atoms with Gasteiger partial charge in [0, 0.05) is 15.0 Å². The Labute approximate surface area is 94.1 Å². The van der Waals surface area contributed by atoms with Gasteiger partial charge in [-0.1, -0.05) is 15.9 Å². The topological polar surface area (TPSA) is 38.0 Å². The highest BCUT2D eigenvalue weighted by Gasteiger charge is 2.21. The van der Waals surface area contributed by atoms with Crippen LogP contribution in [0, 0.1) is 0 Å². The van der Waals surface area contributed by atoms with E-state index >= 15 is 0 Å². The molecule has 1 aliphatic heterocycles.